The van der Waals surface area contributed by atoms with Crippen LogP contribution in [0.4, 0.5) is 5.69 Å². The first-order chi connectivity index (χ1) is 16.4. The number of nitrogens with one attached hydrogen (secondary N) is 1. The van der Waals surface area contributed by atoms with Crippen LogP contribution in [0.2, 0.25) is 0 Å². The molecule has 1 amide bonds. The summed E-state index contributed by atoms with van der Waals surface area (Å²) in [6, 6.07) is 19.6. The molecule has 1 aliphatic rings. The maximum atomic E-state index is 13.4. The second kappa shape index (κ2) is 8.23. The highest BCUT2D eigenvalue weighted by Crippen LogP contribution is 2.45. The van der Waals surface area contributed by atoms with Crippen LogP contribution >= 0.6 is 0 Å². The highest BCUT2D eigenvalue weighted by Gasteiger charge is 2.48. The second-order valence-electron chi connectivity index (χ2n) is 8.43. The van der Waals surface area contributed by atoms with Gasteiger partial charge in [-0.25, -0.2) is 0 Å². The van der Waals surface area contributed by atoms with Crippen LogP contribution in [0.15, 0.2) is 78.5 Å². The van der Waals surface area contributed by atoms with Gasteiger partial charge in [-0.2, -0.15) is 0 Å². The number of fused-ring (bicyclic) bond motifs is 1. The van der Waals surface area contributed by atoms with Gasteiger partial charge >= 0.3 is 0 Å². The molecule has 0 saturated carbocycles. The first-order valence-corrected chi connectivity index (χ1v) is 11.0. The molecule has 6 nitrogen and oxygen atoms in total. The number of aromatic amines is 1. The van der Waals surface area contributed by atoms with Crippen LogP contribution in [0.3, 0.4) is 0 Å². The molecule has 0 spiro atoms. The van der Waals surface area contributed by atoms with Crippen LogP contribution in [0.1, 0.15) is 28.3 Å². The first-order valence-electron chi connectivity index (χ1n) is 11.0. The maximum absolute atomic E-state index is 13.4. The van der Waals surface area contributed by atoms with Crippen molar-refractivity contribution in [3.8, 4) is 5.75 Å². The van der Waals surface area contributed by atoms with Crippen molar-refractivity contribution in [3.63, 3.8) is 0 Å². The van der Waals surface area contributed by atoms with E-state index in [1.807, 2.05) is 62.4 Å². The van der Waals surface area contributed by atoms with E-state index in [2.05, 4.69) is 4.98 Å². The maximum Gasteiger partial charge on any atom is 0.300 e. The topological polar surface area (TPSA) is 82.6 Å². The van der Waals surface area contributed by atoms with Gasteiger partial charge < -0.3 is 14.8 Å². The lowest BCUT2D eigenvalue weighted by Crippen LogP contribution is -2.30. The quantitative estimate of drug-likeness (QED) is 0.246. The zero-order valence-corrected chi connectivity index (χ0v) is 19.1. The van der Waals surface area contributed by atoms with Gasteiger partial charge in [-0.1, -0.05) is 36.4 Å². The molecule has 3 aromatic carbocycles. The zero-order valence-electron chi connectivity index (χ0n) is 19.1. The monoisotopic (exact) mass is 452 g/mol. The van der Waals surface area contributed by atoms with Crippen LogP contribution in [0.25, 0.3) is 16.7 Å². The Balaban J connectivity index is 1.80. The lowest BCUT2D eigenvalue weighted by Gasteiger charge is -2.26. The number of rotatable bonds is 4. The summed E-state index contributed by atoms with van der Waals surface area (Å²) in [4.78, 5) is 31.6. The number of aryl methyl sites for hydroxylation is 2. The zero-order chi connectivity index (χ0) is 24.0. The number of carbonyl (C=O) groups is 2. The van der Waals surface area contributed by atoms with Crippen molar-refractivity contribution in [3.05, 3.63) is 101 Å². The smallest absolute Gasteiger partial charge is 0.300 e. The third kappa shape index (κ3) is 3.27. The summed E-state index contributed by atoms with van der Waals surface area (Å²) >= 11 is 0. The van der Waals surface area contributed by atoms with E-state index in [1.54, 1.807) is 31.5 Å². The Hall–Kier alpha value is -4.32. The highest BCUT2D eigenvalue weighted by atomic mass is 16.5. The van der Waals surface area contributed by atoms with E-state index in [1.165, 1.54) is 4.90 Å². The van der Waals surface area contributed by atoms with E-state index < -0.39 is 17.7 Å². The van der Waals surface area contributed by atoms with Crippen molar-refractivity contribution in [1.29, 1.82) is 0 Å². The van der Waals surface area contributed by atoms with E-state index in [9.17, 15) is 14.7 Å². The minimum absolute atomic E-state index is 0.0614. The molecule has 2 heterocycles. The Labute approximate surface area is 197 Å². The van der Waals surface area contributed by atoms with Gasteiger partial charge in [0.05, 0.1) is 18.7 Å². The Morgan fingerprint density at radius 2 is 1.71 bits per heavy atom. The number of Topliss-reactive ketones (excluding diaryl/α,β-unsaturated/α-hetero) is 1. The summed E-state index contributed by atoms with van der Waals surface area (Å²) in [6.07, 6.45) is 1.81. The Morgan fingerprint density at radius 3 is 2.44 bits per heavy atom. The summed E-state index contributed by atoms with van der Waals surface area (Å²) in [5, 5.41) is 12.3. The van der Waals surface area contributed by atoms with E-state index >= 15 is 0 Å². The van der Waals surface area contributed by atoms with Gasteiger partial charge in [0.2, 0.25) is 0 Å². The number of hydrogen-bond acceptors (Lipinski definition) is 4. The highest BCUT2D eigenvalue weighted by molar-refractivity contribution is 6.52. The molecule has 2 N–H and O–H groups in total. The number of nitrogens with zero attached hydrogens (tertiary/aromatic N) is 1. The number of aromatic nitrogens is 1. The van der Waals surface area contributed by atoms with Crippen LogP contribution in [0, 0.1) is 13.8 Å². The average Bonchev–Trinajstić information content (AvgIpc) is 3.37. The van der Waals surface area contributed by atoms with Gasteiger partial charge in [0, 0.05) is 33.9 Å². The van der Waals surface area contributed by atoms with Gasteiger partial charge in [-0.05, 0) is 55.3 Å². The Morgan fingerprint density at radius 1 is 0.971 bits per heavy atom. The standard InChI is InChI=1S/C28H24N2O4/c1-16-8-4-7-11-23(16)30-25(21-15-29-22-10-6-5-9-20(21)22)24(27(32)28(30)33)26(31)19-13-12-18(34-3)14-17(19)2/h4-15,25,29,31H,1-3H3/b26-24+. The fourth-order valence-corrected chi connectivity index (χ4v) is 4.70. The summed E-state index contributed by atoms with van der Waals surface area (Å²) in [7, 11) is 1.57. The average molecular weight is 453 g/mol. The van der Waals surface area contributed by atoms with E-state index in [0.29, 0.717) is 17.0 Å². The van der Waals surface area contributed by atoms with Gasteiger partial charge in [0.1, 0.15) is 11.5 Å². The molecule has 1 fully saturated rings. The van der Waals surface area contributed by atoms with Crippen molar-refractivity contribution >= 4 is 34.0 Å². The molecule has 1 atom stereocenters. The van der Waals surface area contributed by atoms with E-state index in [-0.39, 0.29) is 11.3 Å². The number of aliphatic hydroxyl groups is 1. The SMILES string of the molecule is COc1ccc(/C(O)=C2\C(=O)C(=O)N(c3ccccc3C)C2c2c[nH]c3ccccc23)c(C)c1. The number of carbonyl (C=O) groups excluding carboxylic acids is 2. The molecule has 1 aromatic heterocycles. The number of ether oxygens (including phenoxy) is 1. The number of hydrogen-bond donors (Lipinski definition) is 2. The first kappa shape index (κ1) is 21.5. The molecule has 1 aliphatic heterocycles. The van der Waals surface area contributed by atoms with E-state index in [4.69, 9.17) is 4.74 Å². The van der Waals surface area contributed by atoms with Gasteiger partial charge in [-0.15, -0.1) is 0 Å². The number of anilines is 1. The molecule has 1 unspecified atom stereocenters. The van der Waals surface area contributed by atoms with Crippen LogP contribution < -0.4 is 9.64 Å². The number of aliphatic hydroxyl groups excluding tert-OH is 1. The third-order valence-electron chi connectivity index (χ3n) is 6.42. The number of para-hydroxylation sites is 2. The summed E-state index contributed by atoms with van der Waals surface area (Å²) in [5.74, 6) is -0.948. The summed E-state index contributed by atoms with van der Waals surface area (Å²) < 4.78 is 5.28. The molecule has 0 aliphatic carbocycles. The molecule has 1 saturated heterocycles. The third-order valence-corrected chi connectivity index (χ3v) is 6.42. The molecule has 0 radical (unpaired) electrons. The van der Waals surface area contributed by atoms with E-state index in [0.717, 1.165) is 27.6 Å². The van der Waals surface area contributed by atoms with Crippen molar-refractivity contribution in [2.45, 2.75) is 19.9 Å². The molecule has 170 valence electrons. The fraction of sp³-hybridized carbons (Fsp3) is 0.143. The molecule has 5 rings (SSSR count). The van der Waals surface area contributed by atoms with Gasteiger partial charge in [-0.3, -0.25) is 14.5 Å². The minimum atomic E-state index is -0.793. The Bertz CT molecular complexity index is 1480. The van der Waals surface area contributed by atoms with Crippen molar-refractivity contribution in [2.75, 3.05) is 12.0 Å². The van der Waals surface area contributed by atoms with Crippen LogP contribution in [-0.2, 0) is 9.59 Å². The number of methoxy groups -OCH3 is 1. The van der Waals surface area contributed by atoms with Crippen molar-refractivity contribution < 1.29 is 19.4 Å². The summed E-state index contributed by atoms with van der Waals surface area (Å²) in [6.45, 7) is 3.73. The number of ketones is 1. The largest absolute Gasteiger partial charge is 0.507 e. The minimum Gasteiger partial charge on any atom is -0.507 e. The molecule has 34 heavy (non-hydrogen) atoms. The lowest BCUT2D eigenvalue weighted by atomic mass is 9.93. The van der Waals surface area contributed by atoms with Gasteiger partial charge in [0.25, 0.3) is 11.7 Å². The predicted octanol–water partition coefficient (Wildman–Crippen LogP) is 5.42. The normalized spacial score (nSPS) is 17.5. The molecular formula is C28H24N2O4. The molecular weight excluding hydrogens is 428 g/mol. The Kier molecular flexibility index (Phi) is 5.21. The van der Waals surface area contributed by atoms with Gasteiger partial charge in [0.15, 0.2) is 0 Å². The predicted molar refractivity (Wildman–Crippen MR) is 132 cm³/mol. The number of amides is 1. The molecule has 6 heteroatoms. The molecule has 0 bridgehead atoms. The number of H-pyrrole nitrogens is 1. The summed E-state index contributed by atoms with van der Waals surface area (Å²) in [5.41, 5.74) is 4.39. The fourth-order valence-electron chi connectivity index (χ4n) is 4.70. The number of benzene rings is 3. The van der Waals surface area contributed by atoms with Crippen molar-refractivity contribution in [2.24, 2.45) is 0 Å². The van der Waals surface area contributed by atoms with Crippen LogP contribution in [-0.4, -0.2) is 28.9 Å². The lowest BCUT2D eigenvalue weighted by molar-refractivity contribution is -0.132. The second-order valence-corrected chi connectivity index (χ2v) is 8.43. The van der Waals surface area contributed by atoms with Crippen LogP contribution in [0.5, 0.6) is 5.75 Å². The molecule has 4 aromatic rings. The van der Waals surface area contributed by atoms with Crippen molar-refractivity contribution in [1.82, 2.24) is 4.98 Å².